The minimum Gasteiger partial charge on any atom is -0.493 e. The lowest BCUT2D eigenvalue weighted by molar-refractivity contribution is 0.106. The summed E-state index contributed by atoms with van der Waals surface area (Å²) in [6.45, 7) is 0. The van der Waals surface area contributed by atoms with Gasteiger partial charge in [0.1, 0.15) is 5.69 Å². The fourth-order valence-electron chi connectivity index (χ4n) is 3.90. The molecule has 5 rings (SSSR count). The number of halogens is 1. The van der Waals surface area contributed by atoms with Crippen LogP contribution in [0, 0.1) is 0 Å². The third-order valence-electron chi connectivity index (χ3n) is 5.78. The third kappa shape index (κ3) is 5.32. The second-order valence-electron chi connectivity index (χ2n) is 8.23. The monoisotopic (exact) mass is 543 g/mol. The van der Waals surface area contributed by atoms with Crippen molar-refractivity contribution < 1.29 is 14.3 Å². The summed E-state index contributed by atoms with van der Waals surface area (Å²) in [7, 11) is 3.15. The molecule has 0 atom stereocenters. The summed E-state index contributed by atoms with van der Waals surface area (Å²) in [6, 6.07) is 21.8. The van der Waals surface area contributed by atoms with E-state index in [4.69, 9.17) is 26.2 Å². The van der Waals surface area contributed by atoms with Crippen molar-refractivity contribution in [2.24, 2.45) is 0 Å². The lowest BCUT2D eigenvalue weighted by Crippen LogP contribution is -2.20. The Labute approximate surface area is 226 Å². The number of ketones is 1. The van der Waals surface area contributed by atoms with Gasteiger partial charge in [0.05, 0.1) is 29.1 Å². The van der Waals surface area contributed by atoms with Crippen LogP contribution < -0.4 is 24.2 Å². The van der Waals surface area contributed by atoms with E-state index in [0.29, 0.717) is 37.0 Å². The zero-order chi connectivity index (χ0) is 26.6. The Hall–Kier alpha value is -4.40. The lowest BCUT2D eigenvalue weighted by atomic mass is 10.1. The van der Waals surface area contributed by atoms with E-state index in [1.807, 2.05) is 54.7 Å². The Morgan fingerprint density at radius 3 is 2.45 bits per heavy atom. The number of rotatable bonds is 7. The van der Waals surface area contributed by atoms with Crippen molar-refractivity contribution in [1.29, 1.82) is 0 Å². The lowest BCUT2D eigenvalue weighted by Gasteiger charge is -2.09. The van der Waals surface area contributed by atoms with Crippen LogP contribution in [-0.2, 0) is 0 Å². The average Bonchev–Trinajstić information content (AvgIpc) is 3.52. The Balaban J connectivity index is 1.62. The third-order valence-corrected chi connectivity index (χ3v) is 6.99. The Morgan fingerprint density at radius 2 is 1.74 bits per heavy atom. The van der Waals surface area contributed by atoms with Crippen LogP contribution in [0.5, 0.6) is 11.5 Å². The molecule has 0 saturated heterocycles. The van der Waals surface area contributed by atoms with E-state index in [0.717, 1.165) is 16.8 Å². The maximum Gasteiger partial charge on any atom is 0.266 e. The summed E-state index contributed by atoms with van der Waals surface area (Å²) in [5.74, 6) is 0.940. The summed E-state index contributed by atoms with van der Waals surface area (Å²) in [5.41, 5.74) is 3.23. The maximum atomic E-state index is 12.8. The van der Waals surface area contributed by atoms with Gasteiger partial charge in [-0.05, 0) is 60.7 Å². The highest BCUT2D eigenvalue weighted by atomic mass is 35.5. The number of para-hydroxylation sites is 1. The molecule has 1 N–H and O–H groups in total. The highest BCUT2D eigenvalue weighted by molar-refractivity contribution is 7.07. The van der Waals surface area contributed by atoms with E-state index in [9.17, 15) is 9.59 Å². The van der Waals surface area contributed by atoms with Gasteiger partial charge in [-0.3, -0.25) is 9.59 Å². The quantitative estimate of drug-likeness (QED) is 0.306. The summed E-state index contributed by atoms with van der Waals surface area (Å²) >= 11 is 7.11. The maximum absolute atomic E-state index is 12.8. The van der Waals surface area contributed by atoms with Gasteiger partial charge in [-0.2, -0.15) is 5.10 Å². The number of Topliss-reactive ketones (excluding diaryl/α,β-unsaturated/α-hetero) is 1. The van der Waals surface area contributed by atoms with Crippen LogP contribution in [0.4, 0.5) is 0 Å². The second-order valence-corrected chi connectivity index (χ2v) is 9.75. The van der Waals surface area contributed by atoms with Crippen molar-refractivity contribution in [3.05, 3.63) is 115 Å². The van der Waals surface area contributed by atoms with E-state index in [1.54, 1.807) is 49.2 Å². The van der Waals surface area contributed by atoms with Gasteiger partial charge in [0.2, 0.25) is 0 Å². The van der Waals surface area contributed by atoms with E-state index in [2.05, 4.69) is 4.98 Å². The molecule has 5 aromatic rings. The average molecular weight is 544 g/mol. The molecule has 3 aromatic carbocycles. The smallest absolute Gasteiger partial charge is 0.266 e. The number of aromatic amines is 1. The Kier molecular flexibility index (Phi) is 7.26. The number of benzene rings is 3. The SMILES string of the molecule is COc1ccc(-c2nn(-c3ccccc3)cc2/C=c2\s/c(=C\C(=O)c3ccc(Cl)cc3)[nH]c2=O)cc1OC. The van der Waals surface area contributed by atoms with Crippen LogP contribution in [0.15, 0.2) is 83.8 Å². The molecule has 190 valence electrons. The number of carbonyl (C=O) groups is 1. The highest BCUT2D eigenvalue weighted by Crippen LogP contribution is 2.33. The van der Waals surface area contributed by atoms with Crippen LogP contribution in [0.25, 0.3) is 29.1 Å². The second kappa shape index (κ2) is 10.9. The molecular weight excluding hydrogens is 522 g/mol. The number of nitrogens with one attached hydrogen (secondary N) is 1. The molecular formula is C29H22ClN3O4S. The van der Waals surface area contributed by atoms with E-state index < -0.39 is 0 Å². The van der Waals surface area contributed by atoms with Crippen LogP contribution in [0.1, 0.15) is 15.9 Å². The first-order valence-corrected chi connectivity index (χ1v) is 12.7. The molecule has 0 saturated carbocycles. The van der Waals surface area contributed by atoms with Crippen LogP contribution in [0.3, 0.4) is 0 Å². The van der Waals surface area contributed by atoms with Gasteiger partial charge in [0, 0.05) is 34.0 Å². The van der Waals surface area contributed by atoms with Gasteiger partial charge in [-0.15, -0.1) is 11.3 Å². The summed E-state index contributed by atoms with van der Waals surface area (Å²) < 4.78 is 13.5. The number of hydrogen-bond acceptors (Lipinski definition) is 6. The van der Waals surface area contributed by atoms with Crippen molar-refractivity contribution in [3.8, 4) is 28.4 Å². The summed E-state index contributed by atoms with van der Waals surface area (Å²) in [6.07, 6.45) is 5.05. The first kappa shape index (κ1) is 25.3. The van der Waals surface area contributed by atoms with Crippen LogP contribution in [0.2, 0.25) is 5.02 Å². The number of aromatic nitrogens is 3. The van der Waals surface area contributed by atoms with Crippen molar-refractivity contribution in [2.45, 2.75) is 0 Å². The van der Waals surface area contributed by atoms with Crippen molar-refractivity contribution in [2.75, 3.05) is 14.2 Å². The number of ether oxygens (including phenoxy) is 2. The number of H-pyrrole nitrogens is 1. The zero-order valence-corrected chi connectivity index (χ0v) is 22.0. The molecule has 0 fully saturated rings. The van der Waals surface area contributed by atoms with E-state index in [-0.39, 0.29) is 11.3 Å². The standard InChI is InChI=1S/C29H22ClN3O4S/c1-36-24-13-10-19(14-25(24)37-2)28-20(17-33(32-28)22-6-4-3-5-7-22)15-26-29(35)31-27(38-26)16-23(34)18-8-11-21(30)12-9-18/h3-17H,1-2H3,(H,31,35)/b26-15-,27-16-. The molecule has 0 aliphatic heterocycles. The zero-order valence-electron chi connectivity index (χ0n) is 20.5. The molecule has 2 aromatic heterocycles. The molecule has 0 amide bonds. The summed E-state index contributed by atoms with van der Waals surface area (Å²) in [5, 5.41) is 5.36. The number of thiazole rings is 1. The Morgan fingerprint density at radius 1 is 1.00 bits per heavy atom. The highest BCUT2D eigenvalue weighted by Gasteiger charge is 2.14. The fourth-order valence-corrected chi connectivity index (χ4v) is 4.90. The molecule has 0 spiro atoms. The van der Waals surface area contributed by atoms with Gasteiger partial charge >= 0.3 is 0 Å². The molecule has 9 heteroatoms. The number of hydrogen-bond donors (Lipinski definition) is 1. The fraction of sp³-hybridized carbons (Fsp3) is 0.0690. The van der Waals surface area contributed by atoms with Crippen LogP contribution in [-0.4, -0.2) is 34.8 Å². The van der Waals surface area contributed by atoms with Gasteiger partial charge in [-0.25, -0.2) is 4.68 Å². The van der Waals surface area contributed by atoms with Crippen molar-refractivity contribution in [1.82, 2.24) is 14.8 Å². The minimum absolute atomic E-state index is 0.228. The van der Waals surface area contributed by atoms with Crippen LogP contribution >= 0.6 is 22.9 Å². The number of methoxy groups -OCH3 is 2. The van der Waals surface area contributed by atoms with E-state index >= 15 is 0 Å². The molecule has 0 bridgehead atoms. The number of nitrogens with zero attached hydrogens (tertiary/aromatic N) is 2. The topological polar surface area (TPSA) is 86.2 Å². The van der Waals surface area contributed by atoms with Gasteiger partial charge in [0.15, 0.2) is 17.3 Å². The molecule has 7 nitrogen and oxygen atoms in total. The number of carbonyl (C=O) groups excluding carboxylic acids is 1. The molecule has 38 heavy (non-hydrogen) atoms. The first-order chi connectivity index (χ1) is 18.4. The van der Waals surface area contributed by atoms with Gasteiger partial charge in [0.25, 0.3) is 5.56 Å². The normalized spacial score (nSPS) is 12.1. The largest absolute Gasteiger partial charge is 0.493 e. The summed E-state index contributed by atoms with van der Waals surface area (Å²) in [4.78, 5) is 28.3. The predicted octanol–water partition coefficient (Wildman–Crippen LogP) is 4.45. The molecule has 0 radical (unpaired) electrons. The van der Waals surface area contributed by atoms with Gasteiger partial charge < -0.3 is 14.5 Å². The van der Waals surface area contributed by atoms with Gasteiger partial charge in [-0.1, -0.05) is 29.8 Å². The first-order valence-electron chi connectivity index (χ1n) is 11.5. The molecule has 0 aliphatic rings. The molecule has 2 heterocycles. The molecule has 0 aliphatic carbocycles. The van der Waals surface area contributed by atoms with Crippen molar-refractivity contribution in [3.63, 3.8) is 0 Å². The minimum atomic E-state index is -0.295. The molecule has 0 unspecified atom stereocenters. The predicted molar refractivity (Wildman–Crippen MR) is 150 cm³/mol. The van der Waals surface area contributed by atoms with E-state index in [1.165, 1.54) is 17.4 Å². The Bertz CT molecular complexity index is 1790. The van der Waals surface area contributed by atoms with Crippen molar-refractivity contribution >= 4 is 40.9 Å².